The number of rotatable bonds is 8. The van der Waals surface area contributed by atoms with Crippen LogP contribution in [0.5, 0.6) is 0 Å². The summed E-state index contributed by atoms with van der Waals surface area (Å²) >= 11 is 1.44. The second-order valence-electron chi connectivity index (χ2n) is 7.80. The number of fused-ring (bicyclic) bond motifs is 1. The number of aromatic nitrogens is 3. The van der Waals surface area contributed by atoms with Crippen molar-refractivity contribution in [2.45, 2.75) is 46.2 Å². The predicted molar refractivity (Wildman–Crippen MR) is 130 cm³/mol. The van der Waals surface area contributed by atoms with Gasteiger partial charge in [0.15, 0.2) is 0 Å². The molecule has 0 unspecified atom stereocenters. The zero-order valence-electron chi connectivity index (χ0n) is 18.2. The van der Waals surface area contributed by atoms with E-state index in [0.29, 0.717) is 31.7 Å². The molecule has 166 valence electrons. The molecule has 0 aliphatic heterocycles. The van der Waals surface area contributed by atoms with Crippen molar-refractivity contribution in [1.29, 1.82) is 0 Å². The minimum atomic E-state index is -0.443. The Hall–Kier alpha value is -3.39. The van der Waals surface area contributed by atoms with E-state index in [0.717, 1.165) is 22.2 Å². The Morgan fingerprint density at radius 2 is 1.78 bits per heavy atom. The lowest BCUT2D eigenvalue weighted by molar-refractivity contribution is 0.539. The average molecular weight is 451 g/mol. The van der Waals surface area contributed by atoms with E-state index in [1.165, 1.54) is 33.3 Å². The molecule has 2 aromatic heterocycles. The maximum Gasteiger partial charge on any atom is 0.329 e. The normalized spacial score (nSPS) is 11.2. The molecule has 0 radical (unpaired) electrons. The van der Waals surface area contributed by atoms with Crippen LogP contribution in [-0.4, -0.2) is 13.5 Å². The summed E-state index contributed by atoms with van der Waals surface area (Å²) < 4.78 is 3.90. The number of nitrogens with one attached hydrogen (secondary N) is 2. The van der Waals surface area contributed by atoms with E-state index in [2.05, 4.69) is 24.1 Å². The van der Waals surface area contributed by atoms with Crippen LogP contribution >= 0.6 is 11.5 Å². The zero-order chi connectivity index (χ0) is 22.7. The van der Waals surface area contributed by atoms with Crippen LogP contribution in [0.2, 0.25) is 0 Å². The number of benzene rings is 2. The molecule has 7 nitrogen and oxygen atoms in total. The smallest absolute Gasteiger partial charge is 0.329 e. The van der Waals surface area contributed by atoms with E-state index in [9.17, 15) is 14.4 Å². The average Bonchev–Trinajstić information content (AvgIpc) is 3.09. The molecule has 32 heavy (non-hydrogen) atoms. The van der Waals surface area contributed by atoms with E-state index >= 15 is 0 Å². The standard InChI is InChI=1S/C24H26N4O3S/c1-3-17-14-18(11-10-16(17)2)25-21-15-22(29)27(24(31)26-21)12-6-7-13-28-23(30)19-8-4-5-9-20(19)32-28/h4-5,8-11,14-15,25H,3,6-7,12-13H2,1-2H3,(H,26,31). The third-order valence-electron chi connectivity index (χ3n) is 5.58. The van der Waals surface area contributed by atoms with Crippen molar-refractivity contribution < 1.29 is 0 Å². The van der Waals surface area contributed by atoms with Crippen molar-refractivity contribution >= 4 is 33.1 Å². The lowest BCUT2D eigenvalue weighted by atomic mass is 10.1. The fraction of sp³-hybridized carbons (Fsp3) is 0.292. The summed E-state index contributed by atoms with van der Waals surface area (Å²) in [5.41, 5.74) is 2.47. The summed E-state index contributed by atoms with van der Waals surface area (Å²) in [6.45, 7) is 5.02. The van der Waals surface area contributed by atoms with Gasteiger partial charge in [0.25, 0.3) is 11.1 Å². The van der Waals surface area contributed by atoms with Crippen molar-refractivity contribution in [1.82, 2.24) is 13.5 Å². The quantitative estimate of drug-likeness (QED) is 0.397. The first-order valence-electron chi connectivity index (χ1n) is 10.8. The molecule has 0 saturated heterocycles. The molecule has 0 amide bonds. The van der Waals surface area contributed by atoms with Crippen LogP contribution in [0, 0.1) is 6.92 Å². The van der Waals surface area contributed by atoms with Gasteiger partial charge in [-0.1, -0.05) is 36.7 Å². The summed E-state index contributed by atoms with van der Waals surface area (Å²) in [7, 11) is 0. The van der Waals surface area contributed by atoms with Crippen molar-refractivity contribution in [3.63, 3.8) is 0 Å². The molecule has 0 spiro atoms. The lowest BCUT2D eigenvalue weighted by Gasteiger charge is -2.11. The first kappa shape index (κ1) is 21.8. The molecule has 2 heterocycles. The maximum absolute atomic E-state index is 12.5. The van der Waals surface area contributed by atoms with Gasteiger partial charge < -0.3 is 5.32 Å². The molecule has 4 aromatic rings. The van der Waals surface area contributed by atoms with Gasteiger partial charge in [-0.15, -0.1) is 0 Å². The predicted octanol–water partition coefficient (Wildman–Crippen LogP) is 4.01. The van der Waals surface area contributed by atoms with Gasteiger partial charge in [-0.2, -0.15) is 0 Å². The highest BCUT2D eigenvalue weighted by Crippen LogP contribution is 2.19. The second-order valence-corrected chi connectivity index (χ2v) is 8.86. The van der Waals surface area contributed by atoms with Gasteiger partial charge in [0.1, 0.15) is 5.82 Å². The molecule has 0 aliphatic carbocycles. The first-order chi connectivity index (χ1) is 15.5. The van der Waals surface area contributed by atoms with Gasteiger partial charge in [0, 0.05) is 24.8 Å². The minimum absolute atomic E-state index is 0.0124. The summed E-state index contributed by atoms with van der Waals surface area (Å²) in [6, 6.07) is 14.9. The SMILES string of the molecule is CCc1cc(Nc2cc(=O)n(CCCCn3sc4ccccc4c3=O)c(=O)[nH]2)ccc1C. The molecule has 0 saturated carbocycles. The second kappa shape index (κ2) is 9.40. The minimum Gasteiger partial charge on any atom is -0.342 e. The molecule has 4 rings (SSSR count). The monoisotopic (exact) mass is 450 g/mol. The Morgan fingerprint density at radius 3 is 2.53 bits per heavy atom. The first-order valence-corrected chi connectivity index (χ1v) is 11.5. The molecule has 2 aromatic carbocycles. The Morgan fingerprint density at radius 1 is 1.00 bits per heavy atom. The van der Waals surface area contributed by atoms with E-state index in [1.807, 2.05) is 42.5 Å². The number of hydrogen-bond donors (Lipinski definition) is 2. The fourth-order valence-electron chi connectivity index (χ4n) is 3.77. The lowest BCUT2D eigenvalue weighted by Crippen LogP contribution is -2.35. The number of nitrogens with zero attached hydrogens (tertiary/aromatic N) is 2. The molecule has 0 aliphatic rings. The molecule has 0 bridgehead atoms. The number of hydrogen-bond acceptors (Lipinski definition) is 5. The van der Waals surface area contributed by atoms with Crippen molar-refractivity contribution in [2.75, 3.05) is 5.32 Å². The molecule has 8 heteroatoms. The third kappa shape index (κ3) is 4.60. The number of H-pyrrole nitrogens is 1. The number of unbranched alkanes of at least 4 members (excludes halogenated alkanes) is 1. The molecule has 0 atom stereocenters. The van der Waals surface area contributed by atoms with Crippen molar-refractivity contribution in [3.8, 4) is 0 Å². The third-order valence-corrected chi connectivity index (χ3v) is 6.70. The Labute approximate surface area is 189 Å². The Bertz CT molecular complexity index is 1400. The van der Waals surface area contributed by atoms with E-state index in [1.54, 1.807) is 3.96 Å². The maximum atomic E-state index is 12.5. The van der Waals surface area contributed by atoms with E-state index in [-0.39, 0.29) is 11.1 Å². The van der Waals surface area contributed by atoms with Crippen LogP contribution < -0.4 is 22.1 Å². The van der Waals surface area contributed by atoms with Gasteiger partial charge in [-0.05, 0) is 61.6 Å². The van der Waals surface area contributed by atoms with Crippen LogP contribution in [0.3, 0.4) is 0 Å². The highest BCUT2D eigenvalue weighted by molar-refractivity contribution is 7.13. The summed E-state index contributed by atoms with van der Waals surface area (Å²) in [4.78, 5) is 40.1. The summed E-state index contributed by atoms with van der Waals surface area (Å²) in [5, 5.41) is 3.85. The van der Waals surface area contributed by atoms with Crippen LogP contribution in [0.4, 0.5) is 11.5 Å². The van der Waals surface area contributed by atoms with Gasteiger partial charge in [0.2, 0.25) is 0 Å². The summed E-state index contributed by atoms with van der Waals surface area (Å²) in [6.07, 6.45) is 2.23. The fourth-order valence-corrected chi connectivity index (χ4v) is 4.81. The summed E-state index contributed by atoms with van der Waals surface area (Å²) in [5.74, 6) is 0.374. The highest BCUT2D eigenvalue weighted by Gasteiger charge is 2.08. The zero-order valence-corrected chi connectivity index (χ0v) is 19.0. The van der Waals surface area contributed by atoms with Crippen molar-refractivity contribution in [3.05, 3.63) is 90.8 Å². The largest absolute Gasteiger partial charge is 0.342 e. The van der Waals surface area contributed by atoms with Crippen LogP contribution in [0.15, 0.2) is 62.9 Å². The molecular formula is C24H26N4O3S. The van der Waals surface area contributed by atoms with Crippen LogP contribution in [0.25, 0.3) is 10.1 Å². The highest BCUT2D eigenvalue weighted by atomic mass is 32.1. The molecule has 2 N–H and O–H groups in total. The Balaban J connectivity index is 1.40. The number of anilines is 2. The van der Waals surface area contributed by atoms with Gasteiger partial charge >= 0.3 is 5.69 Å². The van der Waals surface area contributed by atoms with Crippen LogP contribution in [0.1, 0.15) is 30.9 Å². The number of aromatic amines is 1. The van der Waals surface area contributed by atoms with Gasteiger partial charge in [-0.3, -0.25) is 23.1 Å². The van der Waals surface area contributed by atoms with Crippen molar-refractivity contribution in [2.24, 2.45) is 0 Å². The van der Waals surface area contributed by atoms with E-state index < -0.39 is 5.69 Å². The van der Waals surface area contributed by atoms with Gasteiger partial charge in [0.05, 0.1) is 10.1 Å². The topological polar surface area (TPSA) is 88.9 Å². The van der Waals surface area contributed by atoms with Crippen LogP contribution in [-0.2, 0) is 19.5 Å². The molecule has 0 fully saturated rings. The Kier molecular flexibility index (Phi) is 6.41. The molecular weight excluding hydrogens is 424 g/mol. The van der Waals surface area contributed by atoms with E-state index in [4.69, 9.17) is 0 Å². The number of aryl methyl sites for hydroxylation is 3. The van der Waals surface area contributed by atoms with Gasteiger partial charge in [-0.25, -0.2) is 4.79 Å².